The van der Waals surface area contributed by atoms with Gasteiger partial charge in [-0.15, -0.1) is 0 Å². The van der Waals surface area contributed by atoms with Crippen LogP contribution in [-0.4, -0.2) is 99.6 Å². The first-order valence-corrected chi connectivity index (χ1v) is 9.73. The summed E-state index contributed by atoms with van der Waals surface area (Å²) in [5.41, 5.74) is 15.7. The first-order valence-electron chi connectivity index (χ1n) is 9.73. The number of nitrogens with one attached hydrogen (secondary N) is 3. The number of guanidine groups is 1. The van der Waals surface area contributed by atoms with Crippen LogP contribution in [0.3, 0.4) is 0 Å². The predicted octanol–water partition coefficient (Wildman–Crippen LogP) is -5.34. The van der Waals surface area contributed by atoms with Crippen molar-refractivity contribution in [3.8, 4) is 0 Å². The second-order valence-electron chi connectivity index (χ2n) is 7.09. The summed E-state index contributed by atoms with van der Waals surface area (Å²) in [7, 11) is 0. The number of aliphatic carboxylic acids is 1. The van der Waals surface area contributed by atoms with Crippen LogP contribution in [0.4, 0.5) is 0 Å². The highest BCUT2D eigenvalue weighted by Gasteiger charge is 2.34. The number of nitrogens with zero attached hydrogens (tertiary/aromatic N) is 1. The molecule has 0 aromatic heterocycles. The van der Waals surface area contributed by atoms with E-state index in [1.54, 1.807) is 0 Å². The van der Waals surface area contributed by atoms with Gasteiger partial charge in [0.2, 0.25) is 17.7 Å². The third kappa shape index (κ3) is 10.3. The largest absolute Gasteiger partial charge is 0.480 e. The Labute approximate surface area is 184 Å². The van der Waals surface area contributed by atoms with E-state index >= 15 is 0 Å². The lowest BCUT2D eigenvalue weighted by Crippen LogP contribution is -2.62. The first-order chi connectivity index (χ1) is 14.8. The summed E-state index contributed by atoms with van der Waals surface area (Å²) >= 11 is 0. The SMILES string of the molecule is CC(O)C(NC(=O)C(N)CO)C(=O)NC(C(=O)NC(CCCN=C(N)N)C(=O)O)C(C)O. The Bertz CT molecular complexity index is 682. The average Bonchev–Trinajstić information content (AvgIpc) is 2.70. The lowest BCUT2D eigenvalue weighted by molar-refractivity contribution is -0.143. The van der Waals surface area contributed by atoms with Crippen LogP contribution in [0.1, 0.15) is 26.7 Å². The van der Waals surface area contributed by atoms with E-state index in [-0.39, 0.29) is 25.3 Å². The van der Waals surface area contributed by atoms with Gasteiger partial charge in [0.25, 0.3) is 0 Å². The predicted molar refractivity (Wildman–Crippen MR) is 112 cm³/mol. The van der Waals surface area contributed by atoms with Crippen LogP contribution >= 0.6 is 0 Å². The summed E-state index contributed by atoms with van der Waals surface area (Å²) in [6, 6.07) is -5.88. The minimum atomic E-state index is -1.60. The number of hydrogen-bond donors (Lipinski definition) is 10. The van der Waals surface area contributed by atoms with E-state index in [2.05, 4.69) is 20.9 Å². The van der Waals surface area contributed by atoms with Gasteiger partial charge in [0.15, 0.2) is 5.96 Å². The number of carboxylic acid groups (broad SMARTS) is 1. The smallest absolute Gasteiger partial charge is 0.326 e. The Morgan fingerprint density at radius 3 is 1.78 bits per heavy atom. The lowest BCUT2D eigenvalue weighted by atomic mass is 10.1. The van der Waals surface area contributed by atoms with Crippen molar-refractivity contribution in [3.63, 3.8) is 0 Å². The van der Waals surface area contributed by atoms with E-state index in [1.807, 2.05) is 0 Å². The molecule has 32 heavy (non-hydrogen) atoms. The fourth-order valence-corrected chi connectivity index (χ4v) is 2.42. The molecule has 0 saturated heterocycles. The molecule has 184 valence electrons. The van der Waals surface area contributed by atoms with Gasteiger partial charge in [-0.05, 0) is 26.7 Å². The van der Waals surface area contributed by atoms with E-state index in [4.69, 9.17) is 22.3 Å². The molecule has 0 aromatic rings. The Morgan fingerprint density at radius 2 is 1.38 bits per heavy atom. The van der Waals surface area contributed by atoms with Gasteiger partial charge < -0.3 is 53.6 Å². The number of carbonyl (C=O) groups excluding carboxylic acids is 3. The molecule has 0 aliphatic heterocycles. The van der Waals surface area contributed by atoms with Crippen molar-refractivity contribution < 1.29 is 39.6 Å². The molecule has 0 bridgehead atoms. The van der Waals surface area contributed by atoms with Crippen molar-refractivity contribution >= 4 is 29.7 Å². The fraction of sp³-hybridized carbons (Fsp3) is 0.706. The molecule has 0 rings (SSSR count). The number of carboxylic acids is 1. The lowest BCUT2D eigenvalue weighted by Gasteiger charge is -2.27. The molecule has 0 spiro atoms. The Morgan fingerprint density at radius 1 is 0.906 bits per heavy atom. The standard InChI is InChI=1S/C17H33N7O8/c1-7(26)11(14(29)22-10(16(31)32)4-3-5-21-17(19)20)24-15(30)12(8(2)27)23-13(28)9(18)6-25/h7-12,25-27H,3-6,18H2,1-2H3,(H,22,29)(H,23,28)(H,24,30)(H,31,32)(H4,19,20,21). The van der Waals surface area contributed by atoms with Crippen LogP contribution in [0.25, 0.3) is 0 Å². The van der Waals surface area contributed by atoms with Crippen molar-refractivity contribution in [1.29, 1.82) is 0 Å². The molecule has 15 nitrogen and oxygen atoms in total. The highest BCUT2D eigenvalue weighted by atomic mass is 16.4. The molecule has 15 heteroatoms. The number of rotatable bonds is 14. The Hall–Kier alpha value is -3.01. The fourth-order valence-electron chi connectivity index (χ4n) is 2.42. The van der Waals surface area contributed by atoms with Gasteiger partial charge in [-0.3, -0.25) is 19.4 Å². The topological polar surface area (TPSA) is 276 Å². The molecular formula is C17H33N7O8. The van der Waals surface area contributed by atoms with Gasteiger partial charge in [-0.25, -0.2) is 4.79 Å². The molecule has 0 heterocycles. The number of aliphatic hydroxyl groups excluding tert-OH is 3. The molecule has 0 aliphatic carbocycles. The highest BCUT2D eigenvalue weighted by Crippen LogP contribution is 2.03. The summed E-state index contributed by atoms with van der Waals surface area (Å²) < 4.78 is 0. The molecule has 0 radical (unpaired) electrons. The number of carbonyl (C=O) groups is 4. The summed E-state index contributed by atoms with van der Waals surface area (Å²) in [6.45, 7) is 1.78. The van der Waals surface area contributed by atoms with Crippen molar-refractivity contribution in [2.24, 2.45) is 22.2 Å². The summed E-state index contributed by atoms with van der Waals surface area (Å²) in [4.78, 5) is 52.0. The molecular weight excluding hydrogens is 430 g/mol. The van der Waals surface area contributed by atoms with Crippen LogP contribution in [0.5, 0.6) is 0 Å². The third-order valence-electron chi connectivity index (χ3n) is 4.22. The maximum absolute atomic E-state index is 12.5. The minimum Gasteiger partial charge on any atom is -0.480 e. The highest BCUT2D eigenvalue weighted by molar-refractivity contribution is 5.94. The van der Waals surface area contributed by atoms with Gasteiger partial charge in [0.1, 0.15) is 24.2 Å². The van der Waals surface area contributed by atoms with Gasteiger partial charge in [-0.2, -0.15) is 0 Å². The number of nitrogens with two attached hydrogens (primary N) is 3. The molecule has 3 amide bonds. The zero-order chi connectivity index (χ0) is 25.0. The zero-order valence-electron chi connectivity index (χ0n) is 17.9. The molecule has 0 aromatic carbocycles. The van der Waals surface area contributed by atoms with Gasteiger partial charge in [-0.1, -0.05) is 0 Å². The average molecular weight is 463 g/mol. The molecule has 0 fully saturated rings. The Balaban J connectivity index is 5.26. The van der Waals surface area contributed by atoms with Gasteiger partial charge in [0, 0.05) is 6.54 Å². The van der Waals surface area contributed by atoms with Crippen LogP contribution in [0.15, 0.2) is 4.99 Å². The van der Waals surface area contributed by atoms with Gasteiger partial charge >= 0.3 is 5.97 Å². The Kier molecular flexibility index (Phi) is 12.8. The molecule has 0 aliphatic rings. The van der Waals surface area contributed by atoms with E-state index < -0.39 is 66.7 Å². The van der Waals surface area contributed by atoms with E-state index in [9.17, 15) is 34.5 Å². The molecule has 6 atom stereocenters. The van der Waals surface area contributed by atoms with Gasteiger partial charge in [0.05, 0.1) is 18.8 Å². The maximum atomic E-state index is 12.5. The number of amides is 3. The zero-order valence-corrected chi connectivity index (χ0v) is 17.9. The minimum absolute atomic E-state index is 0.0380. The van der Waals surface area contributed by atoms with E-state index in [0.717, 1.165) is 0 Å². The third-order valence-corrected chi connectivity index (χ3v) is 4.22. The van der Waals surface area contributed by atoms with Crippen molar-refractivity contribution in [3.05, 3.63) is 0 Å². The molecule has 0 saturated carbocycles. The van der Waals surface area contributed by atoms with Crippen LogP contribution in [0.2, 0.25) is 0 Å². The van der Waals surface area contributed by atoms with Crippen molar-refractivity contribution in [1.82, 2.24) is 16.0 Å². The van der Waals surface area contributed by atoms with Crippen molar-refractivity contribution in [2.45, 2.75) is 63.1 Å². The summed E-state index contributed by atoms with van der Waals surface area (Å²) in [5, 5.41) is 44.4. The van der Waals surface area contributed by atoms with Crippen molar-refractivity contribution in [2.75, 3.05) is 13.2 Å². The second-order valence-corrected chi connectivity index (χ2v) is 7.09. The molecule has 13 N–H and O–H groups in total. The normalized spacial score (nSPS) is 16.4. The number of aliphatic hydroxyl groups is 3. The van der Waals surface area contributed by atoms with Crippen LogP contribution in [-0.2, 0) is 19.2 Å². The van der Waals surface area contributed by atoms with Crippen LogP contribution in [0, 0.1) is 0 Å². The quantitative estimate of drug-likeness (QED) is 0.0659. The second kappa shape index (κ2) is 14.1. The van der Waals surface area contributed by atoms with Crippen LogP contribution < -0.4 is 33.2 Å². The summed E-state index contributed by atoms with van der Waals surface area (Å²) in [5.74, 6) is -4.51. The number of hydrogen-bond acceptors (Lipinski definition) is 9. The van der Waals surface area contributed by atoms with E-state index in [1.165, 1.54) is 13.8 Å². The summed E-state index contributed by atoms with van der Waals surface area (Å²) in [6.07, 6.45) is -2.70. The first kappa shape index (κ1) is 29.0. The van der Waals surface area contributed by atoms with E-state index in [0.29, 0.717) is 0 Å². The number of aliphatic imine (C=N–C) groups is 1. The monoisotopic (exact) mass is 463 g/mol. The maximum Gasteiger partial charge on any atom is 0.326 e. The molecule has 6 unspecified atom stereocenters.